The number of amides is 2. The maximum absolute atomic E-state index is 13.6. The molecule has 0 radical (unpaired) electrons. The van der Waals surface area contributed by atoms with Crippen LogP contribution in [-0.4, -0.2) is 23.9 Å². The van der Waals surface area contributed by atoms with Crippen LogP contribution in [0.4, 0.5) is 10.1 Å². The lowest BCUT2D eigenvalue weighted by Gasteiger charge is -2.10. The molecule has 0 aliphatic rings. The van der Waals surface area contributed by atoms with Crippen molar-refractivity contribution in [3.63, 3.8) is 0 Å². The third-order valence-corrected chi connectivity index (χ3v) is 3.29. The Labute approximate surface area is 139 Å². The number of hydrogen-bond acceptors (Lipinski definition) is 4. The number of hydrogen-bond donors (Lipinski definition) is 2. The van der Waals surface area contributed by atoms with Crippen molar-refractivity contribution in [2.24, 2.45) is 0 Å². The predicted molar refractivity (Wildman–Crippen MR) is 87.1 cm³/mol. The van der Waals surface area contributed by atoms with Crippen molar-refractivity contribution in [3.8, 4) is 5.88 Å². The van der Waals surface area contributed by atoms with Gasteiger partial charge in [-0.25, -0.2) is 9.37 Å². The number of anilines is 1. The average Bonchev–Trinajstić information content (AvgIpc) is 2.56. The lowest BCUT2D eigenvalue weighted by molar-refractivity contribution is -0.136. The molecule has 1 aromatic heterocycles. The third kappa shape index (κ3) is 4.28. The van der Waals surface area contributed by atoms with Crippen LogP contribution in [0.2, 0.25) is 0 Å². The van der Waals surface area contributed by atoms with Gasteiger partial charge in [0.15, 0.2) is 0 Å². The number of carbonyl (C=O) groups excluding carboxylic acids is 2. The highest BCUT2D eigenvalue weighted by atomic mass is 19.1. The van der Waals surface area contributed by atoms with E-state index in [0.717, 1.165) is 11.3 Å². The van der Waals surface area contributed by atoms with Gasteiger partial charge in [-0.05, 0) is 37.6 Å². The Morgan fingerprint density at radius 1 is 1.17 bits per heavy atom. The van der Waals surface area contributed by atoms with Gasteiger partial charge in [-0.3, -0.25) is 9.59 Å². The minimum Gasteiger partial charge on any atom is -0.481 e. The fraction of sp³-hybridized carbons (Fsp3) is 0.235. The minimum absolute atomic E-state index is 0.0373. The number of aryl methyl sites for hydroxylation is 2. The summed E-state index contributed by atoms with van der Waals surface area (Å²) < 4.78 is 18.7. The summed E-state index contributed by atoms with van der Waals surface area (Å²) in [6.07, 6.45) is 0. The smallest absolute Gasteiger partial charge is 0.313 e. The van der Waals surface area contributed by atoms with E-state index in [1.807, 2.05) is 6.92 Å². The Bertz CT molecular complexity index is 778. The molecule has 0 bridgehead atoms. The first kappa shape index (κ1) is 17.4. The van der Waals surface area contributed by atoms with Crippen LogP contribution in [0.3, 0.4) is 0 Å². The van der Waals surface area contributed by atoms with Crippen LogP contribution in [0, 0.1) is 19.7 Å². The summed E-state index contributed by atoms with van der Waals surface area (Å²) in [6.45, 7) is 3.64. The Morgan fingerprint density at radius 2 is 1.92 bits per heavy atom. The summed E-state index contributed by atoms with van der Waals surface area (Å²) in [7, 11) is 1.47. The first-order chi connectivity index (χ1) is 11.4. The predicted octanol–water partition coefficient (Wildman–Crippen LogP) is 2.10. The van der Waals surface area contributed by atoms with Gasteiger partial charge in [0.2, 0.25) is 5.88 Å². The minimum atomic E-state index is -0.946. The van der Waals surface area contributed by atoms with Gasteiger partial charge in [0.25, 0.3) is 0 Å². The third-order valence-electron chi connectivity index (χ3n) is 3.29. The SMILES string of the molecule is COc1nc(C)ccc1CNC(=O)C(=O)Nc1cc(C)ccc1F. The molecular formula is C17H18FN3O3. The second kappa shape index (κ2) is 7.54. The van der Waals surface area contributed by atoms with E-state index in [-0.39, 0.29) is 12.2 Å². The molecule has 0 aliphatic heterocycles. The van der Waals surface area contributed by atoms with Crippen molar-refractivity contribution in [2.45, 2.75) is 20.4 Å². The van der Waals surface area contributed by atoms with E-state index in [2.05, 4.69) is 15.6 Å². The molecule has 2 N–H and O–H groups in total. The Kier molecular flexibility index (Phi) is 5.47. The van der Waals surface area contributed by atoms with Crippen molar-refractivity contribution >= 4 is 17.5 Å². The highest BCUT2D eigenvalue weighted by Crippen LogP contribution is 2.16. The highest BCUT2D eigenvalue weighted by Gasteiger charge is 2.16. The molecule has 7 heteroatoms. The Hall–Kier alpha value is -2.96. The molecule has 2 rings (SSSR count). The number of ether oxygens (including phenoxy) is 1. The fourth-order valence-electron chi connectivity index (χ4n) is 2.04. The van der Waals surface area contributed by atoms with Crippen molar-refractivity contribution in [3.05, 3.63) is 53.0 Å². The van der Waals surface area contributed by atoms with Gasteiger partial charge in [0.1, 0.15) is 5.82 Å². The summed E-state index contributed by atoms with van der Waals surface area (Å²) in [5.74, 6) is -2.05. The van der Waals surface area contributed by atoms with Gasteiger partial charge in [0, 0.05) is 17.8 Å². The molecule has 0 saturated carbocycles. The van der Waals surface area contributed by atoms with E-state index in [1.165, 1.54) is 19.2 Å². The normalized spacial score (nSPS) is 10.2. The fourth-order valence-corrected chi connectivity index (χ4v) is 2.04. The molecule has 1 aromatic carbocycles. The van der Waals surface area contributed by atoms with Gasteiger partial charge in [0.05, 0.1) is 12.8 Å². The standard InChI is InChI=1S/C17H18FN3O3/c1-10-4-7-13(18)14(8-10)21-16(23)15(22)19-9-12-6-5-11(2)20-17(12)24-3/h4-8H,9H2,1-3H3,(H,19,22)(H,21,23). The summed E-state index contributed by atoms with van der Waals surface area (Å²) in [4.78, 5) is 27.9. The molecule has 0 saturated heterocycles. The van der Waals surface area contributed by atoms with E-state index in [4.69, 9.17) is 4.74 Å². The van der Waals surface area contributed by atoms with E-state index < -0.39 is 17.6 Å². The summed E-state index contributed by atoms with van der Waals surface area (Å²) in [5, 5.41) is 4.71. The number of nitrogens with one attached hydrogen (secondary N) is 2. The summed E-state index contributed by atoms with van der Waals surface area (Å²) in [6, 6.07) is 7.77. The molecule has 126 valence electrons. The Balaban J connectivity index is 1.99. The van der Waals surface area contributed by atoms with Crippen LogP contribution in [0.25, 0.3) is 0 Å². The number of carbonyl (C=O) groups is 2. The van der Waals surface area contributed by atoms with E-state index >= 15 is 0 Å². The lowest BCUT2D eigenvalue weighted by atomic mass is 10.2. The van der Waals surface area contributed by atoms with Crippen molar-refractivity contribution in [1.82, 2.24) is 10.3 Å². The number of nitrogens with zero attached hydrogens (tertiary/aromatic N) is 1. The molecule has 0 fully saturated rings. The van der Waals surface area contributed by atoms with Crippen molar-refractivity contribution < 1.29 is 18.7 Å². The monoisotopic (exact) mass is 331 g/mol. The van der Waals surface area contributed by atoms with E-state index in [9.17, 15) is 14.0 Å². The van der Waals surface area contributed by atoms with Crippen LogP contribution >= 0.6 is 0 Å². The van der Waals surface area contributed by atoms with Gasteiger partial charge < -0.3 is 15.4 Å². The van der Waals surface area contributed by atoms with Crippen LogP contribution in [0.15, 0.2) is 30.3 Å². The second-order valence-electron chi connectivity index (χ2n) is 5.24. The van der Waals surface area contributed by atoms with Crippen LogP contribution in [0.5, 0.6) is 5.88 Å². The summed E-state index contributed by atoms with van der Waals surface area (Å²) in [5.41, 5.74) is 2.13. The number of rotatable bonds is 4. The van der Waals surface area contributed by atoms with Crippen molar-refractivity contribution in [1.29, 1.82) is 0 Å². The zero-order valence-electron chi connectivity index (χ0n) is 13.6. The van der Waals surface area contributed by atoms with Crippen molar-refractivity contribution in [2.75, 3.05) is 12.4 Å². The van der Waals surface area contributed by atoms with Crippen LogP contribution in [0.1, 0.15) is 16.8 Å². The molecule has 0 aliphatic carbocycles. The van der Waals surface area contributed by atoms with Gasteiger partial charge in [-0.1, -0.05) is 12.1 Å². The molecular weight excluding hydrogens is 313 g/mol. The average molecular weight is 331 g/mol. The molecule has 1 heterocycles. The zero-order chi connectivity index (χ0) is 17.7. The molecule has 2 aromatic rings. The maximum atomic E-state index is 13.6. The van der Waals surface area contributed by atoms with Gasteiger partial charge in [-0.2, -0.15) is 0 Å². The lowest BCUT2D eigenvalue weighted by Crippen LogP contribution is -2.35. The highest BCUT2D eigenvalue weighted by molar-refractivity contribution is 6.39. The van der Waals surface area contributed by atoms with E-state index in [1.54, 1.807) is 25.1 Å². The molecule has 0 spiro atoms. The zero-order valence-corrected chi connectivity index (χ0v) is 13.6. The molecule has 6 nitrogen and oxygen atoms in total. The number of pyridine rings is 1. The quantitative estimate of drug-likeness (QED) is 0.841. The molecule has 0 atom stereocenters. The largest absolute Gasteiger partial charge is 0.481 e. The van der Waals surface area contributed by atoms with Gasteiger partial charge in [-0.15, -0.1) is 0 Å². The first-order valence-corrected chi connectivity index (χ1v) is 7.26. The van der Waals surface area contributed by atoms with E-state index in [0.29, 0.717) is 11.4 Å². The molecule has 0 unspecified atom stereocenters. The topological polar surface area (TPSA) is 80.3 Å². The van der Waals surface area contributed by atoms with Gasteiger partial charge >= 0.3 is 11.8 Å². The molecule has 2 amide bonds. The number of halogens is 1. The maximum Gasteiger partial charge on any atom is 0.313 e. The Morgan fingerprint density at radius 3 is 2.62 bits per heavy atom. The first-order valence-electron chi connectivity index (χ1n) is 7.26. The molecule has 24 heavy (non-hydrogen) atoms. The van der Waals surface area contributed by atoms with Crippen LogP contribution in [-0.2, 0) is 16.1 Å². The number of aromatic nitrogens is 1. The number of benzene rings is 1. The van der Waals surface area contributed by atoms with Crippen LogP contribution < -0.4 is 15.4 Å². The summed E-state index contributed by atoms with van der Waals surface area (Å²) >= 11 is 0. The second-order valence-corrected chi connectivity index (χ2v) is 5.24. The number of methoxy groups -OCH3 is 1.